The Kier molecular flexibility index (Phi) is 8.83. The van der Waals surface area contributed by atoms with E-state index in [0.29, 0.717) is 22.2 Å². The number of carbonyl (C=O) groups excluding carboxylic acids is 2. The first-order chi connectivity index (χ1) is 15.4. The van der Waals surface area contributed by atoms with Gasteiger partial charge >= 0.3 is 0 Å². The van der Waals surface area contributed by atoms with Gasteiger partial charge in [0.15, 0.2) is 6.61 Å². The molecule has 1 aliphatic rings. The zero-order valence-corrected chi connectivity index (χ0v) is 20.1. The Balaban J connectivity index is 1.79. The summed E-state index contributed by atoms with van der Waals surface area (Å²) in [6.07, 6.45) is 4.71. The van der Waals surface area contributed by atoms with Crippen molar-refractivity contribution in [3.8, 4) is 5.75 Å². The number of nitrogens with zero attached hydrogens (tertiary/aromatic N) is 1. The molecule has 1 fully saturated rings. The molecule has 0 radical (unpaired) electrons. The molecule has 0 aromatic heterocycles. The van der Waals surface area contributed by atoms with E-state index in [1.54, 1.807) is 17.0 Å². The molecule has 0 spiro atoms. The van der Waals surface area contributed by atoms with Crippen LogP contribution in [0.3, 0.4) is 0 Å². The van der Waals surface area contributed by atoms with E-state index in [0.717, 1.165) is 36.8 Å². The van der Waals surface area contributed by atoms with Crippen molar-refractivity contribution in [1.82, 2.24) is 10.2 Å². The minimum absolute atomic E-state index is 0.122. The van der Waals surface area contributed by atoms with Crippen LogP contribution in [0.1, 0.15) is 50.2 Å². The normalized spacial score (nSPS) is 14.8. The summed E-state index contributed by atoms with van der Waals surface area (Å²) in [5.41, 5.74) is 1.75. The fourth-order valence-electron chi connectivity index (χ4n) is 4.06. The van der Waals surface area contributed by atoms with E-state index in [2.05, 4.69) is 5.32 Å². The van der Waals surface area contributed by atoms with E-state index in [-0.39, 0.29) is 31.0 Å². The molecule has 1 saturated carbocycles. The van der Waals surface area contributed by atoms with E-state index in [1.165, 1.54) is 0 Å². The number of carbonyl (C=O) groups is 2. The van der Waals surface area contributed by atoms with Crippen molar-refractivity contribution in [3.05, 3.63) is 63.6 Å². The molecule has 1 N–H and O–H groups in total. The molecule has 2 amide bonds. The topological polar surface area (TPSA) is 58.6 Å². The van der Waals surface area contributed by atoms with E-state index in [1.807, 2.05) is 44.2 Å². The maximum atomic E-state index is 13.3. The molecule has 0 bridgehead atoms. The van der Waals surface area contributed by atoms with Gasteiger partial charge in [-0.3, -0.25) is 9.59 Å². The van der Waals surface area contributed by atoms with Crippen molar-refractivity contribution in [2.75, 3.05) is 6.61 Å². The van der Waals surface area contributed by atoms with Gasteiger partial charge in [0.05, 0.1) is 10.0 Å². The zero-order chi connectivity index (χ0) is 23.1. The molecule has 2 aromatic carbocycles. The van der Waals surface area contributed by atoms with Crippen LogP contribution < -0.4 is 10.1 Å². The smallest absolute Gasteiger partial charge is 0.261 e. The van der Waals surface area contributed by atoms with Crippen LogP contribution in [0.25, 0.3) is 0 Å². The van der Waals surface area contributed by atoms with Gasteiger partial charge in [-0.15, -0.1) is 0 Å². The first-order valence-electron chi connectivity index (χ1n) is 11.1. The molecule has 7 heteroatoms. The fourth-order valence-corrected chi connectivity index (χ4v) is 4.38. The Hall–Kier alpha value is -2.24. The minimum atomic E-state index is -0.599. The van der Waals surface area contributed by atoms with Gasteiger partial charge in [0.1, 0.15) is 11.8 Å². The van der Waals surface area contributed by atoms with Crippen molar-refractivity contribution < 1.29 is 14.3 Å². The lowest BCUT2D eigenvalue weighted by Crippen LogP contribution is -2.52. The van der Waals surface area contributed by atoms with Gasteiger partial charge in [-0.05, 0) is 55.5 Å². The number of ether oxygens (including phenoxy) is 1. The van der Waals surface area contributed by atoms with Crippen molar-refractivity contribution in [3.63, 3.8) is 0 Å². The lowest BCUT2D eigenvalue weighted by Gasteiger charge is -2.31. The van der Waals surface area contributed by atoms with E-state index < -0.39 is 6.04 Å². The lowest BCUT2D eigenvalue weighted by atomic mass is 10.1. The third-order valence-electron chi connectivity index (χ3n) is 5.87. The van der Waals surface area contributed by atoms with Crippen molar-refractivity contribution in [2.24, 2.45) is 0 Å². The molecule has 0 aliphatic heterocycles. The molecular weight excluding hydrogens is 447 g/mol. The third kappa shape index (κ3) is 6.39. The van der Waals surface area contributed by atoms with Gasteiger partial charge in [0, 0.05) is 12.6 Å². The van der Waals surface area contributed by atoms with Crippen molar-refractivity contribution in [1.29, 1.82) is 0 Å². The maximum absolute atomic E-state index is 13.3. The van der Waals surface area contributed by atoms with Crippen LogP contribution in [-0.4, -0.2) is 35.4 Å². The second-order valence-electron chi connectivity index (χ2n) is 8.24. The molecule has 0 saturated heterocycles. The van der Waals surface area contributed by atoms with E-state index >= 15 is 0 Å². The number of para-hydroxylation sites is 1. The summed E-state index contributed by atoms with van der Waals surface area (Å²) >= 11 is 12.2. The quantitative estimate of drug-likeness (QED) is 0.516. The van der Waals surface area contributed by atoms with Gasteiger partial charge < -0.3 is 15.0 Å². The summed E-state index contributed by atoms with van der Waals surface area (Å²) in [6.45, 7) is 3.93. The Morgan fingerprint density at radius 2 is 1.84 bits per heavy atom. The second-order valence-corrected chi connectivity index (χ2v) is 9.05. The maximum Gasteiger partial charge on any atom is 0.261 e. The Labute approximate surface area is 200 Å². The molecular formula is C25H30Cl2N2O3. The Bertz CT molecular complexity index is 945. The standard InChI is InChI=1S/C25H30Cl2N2O3/c1-3-22(25(31)28-19-9-5-6-10-19)29(15-18-12-13-20(26)21(27)14-18)24(30)16-32-23-11-7-4-8-17(23)2/h4,7-8,11-14,19,22H,3,5-6,9-10,15-16H2,1-2H3,(H,28,31)/t22-/m0/s1. The summed E-state index contributed by atoms with van der Waals surface area (Å²) in [7, 11) is 0. The van der Waals surface area contributed by atoms with Gasteiger partial charge in [-0.25, -0.2) is 0 Å². The number of halogens is 2. The predicted molar refractivity (Wildman–Crippen MR) is 128 cm³/mol. The third-order valence-corrected chi connectivity index (χ3v) is 6.61. The summed E-state index contributed by atoms with van der Waals surface area (Å²) in [5.74, 6) is 0.273. The second kappa shape index (κ2) is 11.6. The average Bonchev–Trinajstić information content (AvgIpc) is 3.28. The summed E-state index contributed by atoms with van der Waals surface area (Å²) < 4.78 is 5.80. The van der Waals surface area contributed by atoms with Gasteiger partial charge in [-0.2, -0.15) is 0 Å². The molecule has 0 unspecified atom stereocenters. The molecule has 2 aromatic rings. The molecule has 32 heavy (non-hydrogen) atoms. The van der Waals surface area contributed by atoms with E-state index in [9.17, 15) is 9.59 Å². The highest BCUT2D eigenvalue weighted by atomic mass is 35.5. The van der Waals surface area contributed by atoms with Crippen molar-refractivity contribution in [2.45, 2.75) is 64.6 Å². The van der Waals surface area contributed by atoms with Crippen LogP contribution in [-0.2, 0) is 16.1 Å². The van der Waals surface area contributed by atoms with Crippen LogP contribution in [0.2, 0.25) is 10.0 Å². The zero-order valence-electron chi connectivity index (χ0n) is 18.6. The summed E-state index contributed by atoms with van der Waals surface area (Å²) in [6, 6.07) is 12.4. The van der Waals surface area contributed by atoms with Gasteiger partial charge in [0.25, 0.3) is 5.91 Å². The Morgan fingerprint density at radius 1 is 1.12 bits per heavy atom. The molecule has 1 aliphatic carbocycles. The predicted octanol–water partition coefficient (Wildman–Crippen LogP) is 5.55. The lowest BCUT2D eigenvalue weighted by molar-refractivity contribution is -0.143. The monoisotopic (exact) mass is 476 g/mol. The fraction of sp³-hybridized carbons (Fsp3) is 0.440. The van der Waals surface area contributed by atoms with Crippen LogP contribution in [0, 0.1) is 6.92 Å². The van der Waals surface area contributed by atoms with Crippen molar-refractivity contribution >= 4 is 35.0 Å². The number of rotatable bonds is 9. The molecule has 3 rings (SSSR count). The van der Waals surface area contributed by atoms with Crippen LogP contribution >= 0.6 is 23.2 Å². The first-order valence-corrected chi connectivity index (χ1v) is 11.9. The van der Waals surface area contributed by atoms with Gasteiger partial charge in [-0.1, -0.05) is 67.2 Å². The van der Waals surface area contributed by atoms with Crippen LogP contribution in [0.4, 0.5) is 0 Å². The number of amides is 2. The highest BCUT2D eigenvalue weighted by molar-refractivity contribution is 6.42. The highest BCUT2D eigenvalue weighted by Gasteiger charge is 2.31. The summed E-state index contributed by atoms with van der Waals surface area (Å²) in [5, 5.41) is 3.99. The largest absolute Gasteiger partial charge is 0.484 e. The number of hydrogen-bond donors (Lipinski definition) is 1. The highest BCUT2D eigenvalue weighted by Crippen LogP contribution is 2.25. The molecule has 172 valence electrons. The van der Waals surface area contributed by atoms with Crippen LogP contribution in [0.5, 0.6) is 5.75 Å². The molecule has 5 nitrogen and oxygen atoms in total. The number of nitrogens with one attached hydrogen (secondary N) is 1. The summed E-state index contributed by atoms with van der Waals surface area (Å²) in [4.78, 5) is 28.0. The number of aryl methyl sites for hydroxylation is 1. The van der Waals surface area contributed by atoms with Crippen LogP contribution in [0.15, 0.2) is 42.5 Å². The Morgan fingerprint density at radius 3 is 2.50 bits per heavy atom. The SMILES string of the molecule is CC[C@@H](C(=O)NC1CCCC1)N(Cc1ccc(Cl)c(Cl)c1)C(=O)COc1ccccc1C. The molecule has 0 heterocycles. The molecule has 1 atom stereocenters. The number of hydrogen-bond acceptors (Lipinski definition) is 3. The van der Waals surface area contributed by atoms with Gasteiger partial charge in [0.2, 0.25) is 5.91 Å². The number of benzene rings is 2. The minimum Gasteiger partial charge on any atom is -0.484 e. The van der Waals surface area contributed by atoms with E-state index in [4.69, 9.17) is 27.9 Å². The average molecular weight is 477 g/mol. The first kappa shape index (κ1) is 24.4.